The minimum Gasteiger partial charge on any atom is -0.326 e. The van der Waals surface area contributed by atoms with Crippen LogP contribution >= 0.6 is 22.9 Å². The van der Waals surface area contributed by atoms with Gasteiger partial charge >= 0.3 is 0 Å². The van der Waals surface area contributed by atoms with Crippen molar-refractivity contribution in [3.63, 3.8) is 0 Å². The maximum Gasteiger partial charge on any atom is 0.257 e. The average Bonchev–Trinajstić information content (AvgIpc) is 3.46. The summed E-state index contributed by atoms with van der Waals surface area (Å²) in [5.41, 5.74) is 2.79. The lowest BCUT2D eigenvalue weighted by molar-refractivity contribution is -0.117. The largest absolute Gasteiger partial charge is 0.326 e. The van der Waals surface area contributed by atoms with Crippen molar-refractivity contribution in [2.24, 2.45) is 0 Å². The van der Waals surface area contributed by atoms with E-state index < -0.39 is 0 Å². The number of benzene rings is 2. The molecule has 10 heteroatoms. The van der Waals surface area contributed by atoms with E-state index in [0.717, 1.165) is 24.1 Å². The minimum atomic E-state index is -0.324. The highest BCUT2D eigenvalue weighted by molar-refractivity contribution is 7.15. The van der Waals surface area contributed by atoms with E-state index >= 15 is 0 Å². The third-order valence-corrected chi connectivity index (χ3v) is 7.20. The molecular weight excluding hydrogens is 486 g/mol. The Kier molecular flexibility index (Phi) is 7.77. The first-order valence-corrected chi connectivity index (χ1v) is 12.6. The van der Waals surface area contributed by atoms with Crippen molar-refractivity contribution in [2.45, 2.75) is 45.4 Å². The van der Waals surface area contributed by atoms with Crippen LogP contribution in [-0.2, 0) is 9.59 Å². The number of carbonyl (C=O) groups is 3. The van der Waals surface area contributed by atoms with Gasteiger partial charge in [-0.15, -0.1) is 10.2 Å². The summed E-state index contributed by atoms with van der Waals surface area (Å²) in [6, 6.07) is 12.3. The topological polar surface area (TPSA) is 104 Å². The van der Waals surface area contributed by atoms with Gasteiger partial charge in [-0.3, -0.25) is 19.7 Å². The first kappa shape index (κ1) is 24.8. The van der Waals surface area contributed by atoms with Gasteiger partial charge in [-0.1, -0.05) is 42.3 Å². The van der Waals surface area contributed by atoms with Gasteiger partial charge in [0.25, 0.3) is 5.91 Å². The molecule has 1 atom stereocenters. The molecule has 4 rings (SSSR count). The summed E-state index contributed by atoms with van der Waals surface area (Å²) in [7, 11) is 0. The molecule has 1 aromatic heterocycles. The van der Waals surface area contributed by atoms with Crippen molar-refractivity contribution in [1.82, 2.24) is 10.2 Å². The lowest BCUT2D eigenvalue weighted by atomic mass is 10.1. The summed E-state index contributed by atoms with van der Waals surface area (Å²) in [5, 5.41) is 15.6. The molecule has 0 saturated carbocycles. The summed E-state index contributed by atoms with van der Waals surface area (Å²) in [6.45, 7) is 4.43. The van der Waals surface area contributed by atoms with Crippen molar-refractivity contribution < 1.29 is 14.4 Å². The molecule has 2 heterocycles. The van der Waals surface area contributed by atoms with E-state index in [2.05, 4.69) is 20.8 Å². The first-order chi connectivity index (χ1) is 16.8. The van der Waals surface area contributed by atoms with E-state index in [1.807, 2.05) is 26.0 Å². The van der Waals surface area contributed by atoms with Crippen molar-refractivity contribution in [3.05, 3.63) is 63.6 Å². The monoisotopic (exact) mass is 511 g/mol. The zero-order valence-corrected chi connectivity index (χ0v) is 21.1. The minimum absolute atomic E-state index is 0.00224. The summed E-state index contributed by atoms with van der Waals surface area (Å²) in [4.78, 5) is 38.8. The van der Waals surface area contributed by atoms with Gasteiger partial charge in [0.2, 0.25) is 16.9 Å². The number of nitrogens with one attached hydrogen (secondary N) is 2. The van der Waals surface area contributed by atoms with Crippen molar-refractivity contribution in [1.29, 1.82) is 0 Å². The number of anilines is 3. The van der Waals surface area contributed by atoms with Crippen LogP contribution in [0.5, 0.6) is 0 Å². The maximum absolute atomic E-state index is 12.6. The molecule has 1 unspecified atom stereocenters. The fraction of sp³-hybridized carbons (Fsp3) is 0.320. The normalized spacial score (nSPS) is 15.3. The molecule has 1 saturated heterocycles. The van der Waals surface area contributed by atoms with Gasteiger partial charge in [0.05, 0.1) is 0 Å². The first-order valence-electron chi connectivity index (χ1n) is 11.4. The van der Waals surface area contributed by atoms with E-state index in [4.69, 9.17) is 11.6 Å². The number of unbranched alkanes of at least 4 members (excludes halogenated alkanes) is 1. The van der Waals surface area contributed by atoms with E-state index in [9.17, 15) is 14.4 Å². The van der Waals surface area contributed by atoms with E-state index in [-0.39, 0.29) is 23.6 Å². The molecule has 3 aromatic rings. The third-order valence-electron chi connectivity index (χ3n) is 5.79. The van der Waals surface area contributed by atoms with Crippen LogP contribution in [0, 0.1) is 6.92 Å². The van der Waals surface area contributed by atoms with Crippen molar-refractivity contribution in [3.8, 4) is 0 Å². The van der Waals surface area contributed by atoms with Crippen molar-refractivity contribution in [2.75, 3.05) is 22.1 Å². The lowest BCUT2D eigenvalue weighted by Crippen LogP contribution is -2.24. The molecule has 0 radical (unpaired) electrons. The number of aromatic nitrogens is 2. The maximum atomic E-state index is 12.6. The highest BCUT2D eigenvalue weighted by atomic mass is 35.5. The second-order valence-electron chi connectivity index (χ2n) is 8.47. The second kappa shape index (κ2) is 11.0. The molecular formula is C25H26ClN5O3S. The smallest absolute Gasteiger partial charge is 0.257 e. The molecule has 35 heavy (non-hydrogen) atoms. The molecule has 1 aliphatic rings. The fourth-order valence-electron chi connectivity index (χ4n) is 3.76. The van der Waals surface area contributed by atoms with Crippen LogP contribution in [0.2, 0.25) is 5.02 Å². The van der Waals surface area contributed by atoms with Gasteiger partial charge in [-0.2, -0.15) is 0 Å². The third kappa shape index (κ3) is 6.04. The Morgan fingerprint density at radius 2 is 1.91 bits per heavy atom. The van der Waals surface area contributed by atoms with E-state index in [0.29, 0.717) is 45.8 Å². The van der Waals surface area contributed by atoms with Crippen LogP contribution in [0.4, 0.5) is 16.5 Å². The number of hydrogen-bond acceptors (Lipinski definition) is 6. The predicted octanol–water partition coefficient (Wildman–Crippen LogP) is 5.40. The van der Waals surface area contributed by atoms with Crippen LogP contribution in [0.3, 0.4) is 0 Å². The Bertz CT molecular complexity index is 1240. The number of halogens is 1. The Balaban J connectivity index is 1.36. The van der Waals surface area contributed by atoms with Gasteiger partial charge in [0.15, 0.2) is 0 Å². The zero-order valence-electron chi connectivity index (χ0n) is 19.5. The molecule has 0 spiro atoms. The Labute approximate surface area is 212 Å². The Hall–Kier alpha value is -3.30. The number of amides is 3. The zero-order chi connectivity index (χ0) is 24.9. The number of rotatable bonds is 8. The fourth-order valence-corrected chi connectivity index (χ4v) is 4.76. The van der Waals surface area contributed by atoms with E-state index in [1.54, 1.807) is 35.2 Å². The van der Waals surface area contributed by atoms with Gasteiger partial charge in [0.1, 0.15) is 5.01 Å². The highest BCUT2D eigenvalue weighted by Crippen LogP contribution is 2.35. The number of carbonyl (C=O) groups excluding carboxylic acids is 3. The lowest BCUT2D eigenvalue weighted by Gasteiger charge is -2.17. The summed E-state index contributed by atoms with van der Waals surface area (Å²) in [6.07, 6.45) is 2.58. The van der Waals surface area contributed by atoms with Crippen LogP contribution < -0.4 is 15.5 Å². The van der Waals surface area contributed by atoms with E-state index in [1.165, 1.54) is 11.3 Å². The summed E-state index contributed by atoms with van der Waals surface area (Å²) in [5.74, 6) is -0.478. The molecule has 1 aliphatic heterocycles. The van der Waals surface area contributed by atoms with Crippen LogP contribution in [-0.4, -0.2) is 34.5 Å². The number of nitrogens with zero attached hydrogens (tertiary/aromatic N) is 3. The molecule has 8 nitrogen and oxygen atoms in total. The standard InChI is InChI=1S/C25H26ClN5O3S/c1-3-4-5-21(32)27-18-9-7-16(8-10-18)23(34)28-25-30-29-24(35-25)17-12-22(33)31(14-17)19-11-6-15(2)20(26)13-19/h6-11,13,17H,3-5,12,14H2,1-2H3,(H,27,32)(H,28,30,34). The summed E-state index contributed by atoms with van der Waals surface area (Å²) >= 11 is 7.49. The number of hydrogen-bond donors (Lipinski definition) is 2. The molecule has 2 aromatic carbocycles. The predicted molar refractivity (Wildman–Crippen MR) is 138 cm³/mol. The van der Waals surface area contributed by atoms with Crippen LogP contribution in [0.15, 0.2) is 42.5 Å². The molecule has 0 aliphatic carbocycles. The van der Waals surface area contributed by atoms with Crippen LogP contribution in [0.1, 0.15) is 59.5 Å². The second-order valence-corrected chi connectivity index (χ2v) is 9.88. The molecule has 0 bridgehead atoms. The molecule has 2 N–H and O–H groups in total. The van der Waals surface area contributed by atoms with Gasteiger partial charge in [-0.05, 0) is 55.3 Å². The van der Waals surface area contributed by atoms with Crippen LogP contribution in [0.25, 0.3) is 0 Å². The molecule has 3 amide bonds. The quantitative estimate of drug-likeness (QED) is 0.421. The highest BCUT2D eigenvalue weighted by Gasteiger charge is 2.34. The van der Waals surface area contributed by atoms with Crippen molar-refractivity contribution >= 4 is 57.2 Å². The Morgan fingerprint density at radius 3 is 2.63 bits per heavy atom. The SMILES string of the molecule is CCCCC(=O)Nc1ccc(C(=O)Nc2nnc(C3CC(=O)N(c4ccc(C)c(Cl)c4)C3)s2)cc1. The van der Waals surface area contributed by atoms with Gasteiger partial charge in [0, 0.05) is 47.3 Å². The van der Waals surface area contributed by atoms with Gasteiger partial charge < -0.3 is 10.2 Å². The molecule has 182 valence electrons. The molecule has 1 fully saturated rings. The summed E-state index contributed by atoms with van der Waals surface area (Å²) < 4.78 is 0. The average molecular weight is 512 g/mol. The van der Waals surface area contributed by atoms with Gasteiger partial charge in [-0.25, -0.2) is 0 Å². The Morgan fingerprint density at radius 1 is 1.14 bits per heavy atom. The number of aryl methyl sites for hydroxylation is 1.